The summed E-state index contributed by atoms with van der Waals surface area (Å²) in [4.78, 5) is 10.6. The summed E-state index contributed by atoms with van der Waals surface area (Å²) < 4.78 is 24.8. The van der Waals surface area contributed by atoms with Gasteiger partial charge in [0, 0.05) is 5.56 Å². The predicted molar refractivity (Wildman–Crippen MR) is 48.4 cm³/mol. The van der Waals surface area contributed by atoms with Crippen molar-refractivity contribution in [2.24, 2.45) is 0 Å². The van der Waals surface area contributed by atoms with Gasteiger partial charge in [-0.1, -0.05) is 18.7 Å². The van der Waals surface area contributed by atoms with Crippen LogP contribution in [0.25, 0.3) is 6.08 Å². The van der Waals surface area contributed by atoms with Crippen molar-refractivity contribution in [2.75, 3.05) is 0 Å². The Morgan fingerprint density at radius 3 is 2.57 bits per heavy atom. The van der Waals surface area contributed by atoms with Crippen LogP contribution < -0.4 is 0 Å². The van der Waals surface area contributed by atoms with Crippen molar-refractivity contribution in [1.29, 1.82) is 0 Å². The minimum atomic E-state index is -2.79. The molecule has 0 aliphatic rings. The van der Waals surface area contributed by atoms with E-state index in [0.717, 1.165) is 12.1 Å². The fourth-order valence-electron chi connectivity index (χ4n) is 1.08. The van der Waals surface area contributed by atoms with Crippen molar-refractivity contribution in [3.05, 3.63) is 41.5 Å². The van der Waals surface area contributed by atoms with E-state index in [2.05, 4.69) is 6.58 Å². The molecule has 0 bridgehead atoms. The number of carbonyl (C=O) groups is 1. The van der Waals surface area contributed by atoms with E-state index in [4.69, 9.17) is 5.11 Å². The molecule has 0 unspecified atom stereocenters. The van der Waals surface area contributed by atoms with Gasteiger partial charge >= 0.3 is 5.97 Å². The minimum Gasteiger partial charge on any atom is -0.478 e. The lowest BCUT2D eigenvalue weighted by molar-refractivity contribution is 0.0684. The molecule has 0 saturated heterocycles. The maximum absolute atomic E-state index is 12.4. The van der Waals surface area contributed by atoms with Crippen LogP contribution in [0.3, 0.4) is 0 Å². The molecule has 0 fully saturated rings. The van der Waals surface area contributed by atoms with Crippen LogP contribution >= 0.6 is 0 Å². The predicted octanol–water partition coefficient (Wildman–Crippen LogP) is 2.97. The number of aromatic carboxylic acids is 1. The minimum absolute atomic E-state index is 0.370. The van der Waals surface area contributed by atoms with Gasteiger partial charge in [-0.05, 0) is 17.7 Å². The van der Waals surface area contributed by atoms with E-state index in [9.17, 15) is 13.6 Å². The van der Waals surface area contributed by atoms with Crippen LogP contribution in [0.5, 0.6) is 0 Å². The summed E-state index contributed by atoms with van der Waals surface area (Å²) in [5.41, 5.74) is -0.370. The molecule has 0 heterocycles. The zero-order valence-corrected chi connectivity index (χ0v) is 7.21. The third-order valence-electron chi connectivity index (χ3n) is 1.78. The van der Waals surface area contributed by atoms with Crippen LogP contribution in [0, 0.1) is 0 Å². The number of hydrogen-bond donors (Lipinski definition) is 1. The zero-order chi connectivity index (χ0) is 10.7. The zero-order valence-electron chi connectivity index (χ0n) is 7.21. The lowest BCUT2D eigenvalue weighted by Crippen LogP contribution is -2.02. The molecule has 0 saturated carbocycles. The van der Waals surface area contributed by atoms with Crippen molar-refractivity contribution in [2.45, 2.75) is 6.43 Å². The monoisotopic (exact) mass is 198 g/mol. The van der Waals surface area contributed by atoms with E-state index in [1.165, 1.54) is 12.1 Å². The van der Waals surface area contributed by atoms with Crippen LogP contribution in [0.2, 0.25) is 0 Å². The fourth-order valence-corrected chi connectivity index (χ4v) is 1.08. The normalized spacial score (nSPS) is 10.2. The average molecular weight is 198 g/mol. The second kappa shape index (κ2) is 4.00. The van der Waals surface area contributed by atoms with Gasteiger partial charge in [0.15, 0.2) is 0 Å². The first-order chi connectivity index (χ1) is 6.56. The summed E-state index contributed by atoms with van der Waals surface area (Å²) in [7, 11) is 0. The van der Waals surface area contributed by atoms with E-state index >= 15 is 0 Å². The van der Waals surface area contributed by atoms with Gasteiger partial charge in [-0.25, -0.2) is 13.6 Å². The van der Waals surface area contributed by atoms with Crippen LogP contribution in [0.15, 0.2) is 24.8 Å². The maximum atomic E-state index is 12.4. The Kier molecular flexibility index (Phi) is 2.96. The molecular formula is C10H8F2O2. The second-order valence-corrected chi connectivity index (χ2v) is 2.66. The van der Waals surface area contributed by atoms with Crippen molar-refractivity contribution in [3.63, 3.8) is 0 Å². The first-order valence-corrected chi connectivity index (χ1v) is 3.84. The number of benzene rings is 1. The Bertz CT molecular complexity index is 372. The summed E-state index contributed by atoms with van der Waals surface area (Å²) in [5.74, 6) is -1.35. The fraction of sp³-hybridized carbons (Fsp3) is 0.100. The van der Waals surface area contributed by atoms with Crippen molar-refractivity contribution < 1.29 is 18.7 Å². The molecule has 0 aliphatic carbocycles. The summed E-state index contributed by atoms with van der Waals surface area (Å²) in [6.45, 7) is 3.41. The standard InChI is InChI=1S/C10H8F2O2/c1-2-6-3-4-7(10(13)14)8(5-6)9(11)12/h2-5,9H,1H2,(H,13,14). The van der Waals surface area contributed by atoms with Gasteiger partial charge < -0.3 is 5.11 Å². The molecule has 2 nitrogen and oxygen atoms in total. The molecule has 14 heavy (non-hydrogen) atoms. The number of carboxylic acid groups (broad SMARTS) is 1. The average Bonchev–Trinajstić information content (AvgIpc) is 2.16. The summed E-state index contributed by atoms with van der Waals surface area (Å²) in [6, 6.07) is 3.71. The Morgan fingerprint density at radius 1 is 1.50 bits per heavy atom. The Balaban J connectivity index is 3.30. The molecule has 1 N–H and O–H groups in total. The second-order valence-electron chi connectivity index (χ2n) is 2.66. The molecule has 1 aromatic carbocycles. The number of halogens is 2. The van der Waals surface area contributed by atoms with Crippen LogP contribution in [0.4, 0.5) is 8.78 Å². The highest BCUT2D eigenvalue weighted by Gasteiger charge is 2.17. The van der Waals surface area contributed by atoms with Gasteiger partial charge in [-0.2, -0.15) is 0 Å². The molecule has 0 aromatic heterocycles. The number of hydrogen-bond acceptors (Lipinski definition) is 1. The van der Waals surface area contributed by atoms with E-state index in [0.29, 0.717) is 5.56 Å². The SMILES string of the molecule is C=Cc1ccc(C(=O)O)c(C(F)F)c1. The van der Waals surface area contributed by atoms with Crippen molar-refractivity contribution >= 4 is 12.0 Å². The molecular weight excluding hydrogens is 190 g/mol. The quantitative estimate of drug-likeness (QED) is 0.810. The lowest BCUT2D eigenvalue weighted by atomic mass is 10.0. The number of alkyl halides is 2. The largest absolute Gasteiger partial charge is 0.478 e. The van der Waals surface area contributed by atoms with Gasteiger partial charge in [0.05, 0.1) is 5.56 Å². The highest BCUT2D eigenvalue weighted by Crippen LogP contribution is 2.24. The van der Waals surface area contributed by atoms with Crippen LogP contribution in [-0.2, 0) is 0 Å². The Morgan fingerprint density at radius 2 is 2.14 bits per heavy atom. The Hall–Kier alpha value is -1.71. The first-order valence-electron chi connectivity index (χ1n) is 3.84. The summed E-state index contributed by atoms with van der Waals surface area (Å²) >= 11 is 0. The van der Waals surface area contributed by atoms with Gasteiger partial charge in [0.1, 0.15) is 0 Å². The molecule has 0 spiro atoms. The van der Waals surface area contributed by atoms with E-state index in [-0.39, 0.29) is 5.56 Å². The topological polar surface area (TPSA) is 37.3 Å². The lowest BCUT2D eigenvalue weighted by Gasteiger charge is -2.05. The Labute approximate surface area is 79.5 Å². The molecule has 1 rings (SSSR count). The molecule has 0 atom stereocenters. The number of rotatable bonds is 3. The van der Waals surface area contributed by atoms with E-state index in [1.807, 2.05) is 0 Å². The number of carboxylic acids is 1. The molecule has 0 radical (unpaired) electrons. The van der Waals surface area contributed by atoms with Crippen molar-refractivity contribution in [3.8, 4) is 0 Å². The summed E-state index contributed by atoms with van der Waals surface area (Å²) in [6.07, 6.45) is -1.40. The van der Waals surface area contributed by atoms with Gasteiger partial charge in [0.2, 0.25) is 0 Å². The van der Waals surface area contributed by atoms with Crippen LogP contribution in [-0.4, -0.2) is 11.1 Å². The molecule has 0 amide bonds. The molecule has 74 valence electrons. The highest BCUT2D eigenvalue weighted by atomic mass is 19.3. The molecule has 1 aromatic rings. The molecule has 4 heteroatoms. The third-order valence-corrected chi connectivity index (χ3v) is 1.78. The van der Waals surface area contributed by atoms with Gasteiger partial charge in [0.25, 0.3) is 6.43 Å². The van der Waals surface area contributed by atoms with Crippen molar-refractivity contribution in [1.82, 2.24) is 0 Å². The van der Waals surface area contributed by atoms with E-state index in [1.54, 1.807) is 0 Å². The smallest absolute Gasteiger partial charge is 0.336 e. The highest BCUT2D eigenvalue weighted by molar-refractivity contribution is 5.89. The van der Waals surface area contributed by atoms with Gasteiger partial charge in [-0.3, -0.25) is 0 Å². The van der Waals surface area contributed by atoms with Crippen LogP contribution in [0.1, 0.15) is 27.9 Å². The van der Waals surface area contributed by atoms with Gasteiger partial charge in [-0.15, -0.1) is 0 Å². The summed E-state index contributed by atoms with van der Waals surface area (Å²) in [5, 5.41) is 8.62. The first kappa shape index (κ1) is 10.4. The van der Waals surface area contributed by atoms with E-state index < -0.39 is 18.0 Å². The molecule has 0 aliphatic heterocycles. The third kappa shape index (κ3) is 1.96. The maximum Gasteiger partial charge on any atom is 0.336 e.